The summed E-state index contributed by atoms with van der Waals surface area (Å²) in [6.07, 6.45) is 3.20. The molecule has 0 saturated heterocycles. The van der Waals surface area contributed by atoms with Gasteiger partial charge in [-0.2, -0.15) is 0 Å². The Bertz CT molecular complexity index is 37.1. The van der Waals surface area contributed by atoms with Crippen molar-refractivity contribution in [2.75, 3.05) is 0 Å². The first-order chi connectivity index (χ1) is 3.27. The van der Waals surface area contributed by atoms with Crippen LogP contribution < -0.4 is 0 Å². The largest absolute Gasteiger partial charge is 0.238 e. The van der Waals surface area contributed by atoms with Gasteiger partial charge in [0.25, 0.3) is 0 Å². The van der Waals surface area contributed by atoms with Crippen molar-refractivity contribution in [3.05, 3.63) is 0 Å². The second kappa shape index (κ2) is 4.34. The fourth-order valence-corrected chi connectivity index (χ4v) is 0.900. The van der Waals surface area contributed by atoms with Crippen LogP contribution in [-0.4, -0.2) is 16.0 Å². The maximum Gasteiger partial charge on any atom is 0.0730 e. The van der Waals surface area contributed by atoms with Crippen LogP contribution in [0.25, 0.3) is 0 Å². The summed E-state index contributed by atoms with van der Waals surface area (Å²) in [4.78, 5) is 0. The van der Waals surface area contributed by atoms with Crippen LogP contribution in [0.1, 0.15) is 26.2 Å². The number of hydrogen-bond acceptors (Lipinski definition) is 0. The quantitative estimate of drug-likeness (QED) is 0.474. The lowest BCUT2D eigenvalue weighted by atomic mass is 10.3. The van der Waals surface area contributed by atoms with E-state index >= 15 is 0 Å². The zero-order chi connectivity index (χ0) is 5.70. The minimum absolute atomic E-state index is 0.208. The van der Waals surface area contributed by atoms with Gasteiger partial charge in [-0.15, -0.1) is 0 Å². The molecule has 0 heterocycles. The van der Waals surface area contributed by atoms with Crippen molar-refractivity contribution in [1.29, 1.82) is 0 Å². The van der Waals surface area contributed by atoms with Gasteiger partial charge in [0.2, 0.25) is 0 Å². The first-order valence-corrected chi connectivity index (χ1v) is 4.08. The van der Waals surface area contributed by atoms with Crippen LogP contribution in [0.4, 0.5) is 0 Å². The van der Waals surface area contributed by atoms with Gasteiger partial charge in [0.05, 0.1) is 5.73 Å². The van der Waals surface area contributed by atoms with Gasteiger partial charge >= 0.3 is 0 Å². The molecule has 0 aliphatic rings. The summed E-state index contributed by atoms with van der Waals surface area (Å²) in [6.45, 7) is 2.12. The molecule has 0 aromatic heterocycles. The lowest BCUT2D eigenvalue weighted by Crippen LogP contribution is -2.01. The molecule has 0 aromatic rings. The highest BCUT2D eigenvalue weighted by Crippen LogP contribution is 1.95. The van der Waals surface area contributed by atoms with Crippen molar-refractivity contribution >= 4 is 10.2 Å². The SMILES string of the molecule is CCCCC([O])[SiH3]. The molecule has 2 heteroatoms. The van der Waals surface area contributed by atoms with Crippen molar-refractivity contribution in [3.8, 4) is 0 Å². The number of rotatable bonds is 3. The third kappa shape index (κ3) is 6.18. The van der Waals surface area contributed by atoms with Gasteiger partial charge in [-0.3, -0.25) is 0 Å². The Hall–Kier alpha value is 0.177. The van der Waals surface area contributed by atoms with Crippen LogP contribution in [0.15, 0.2) is 0 Å². The molecule has 0 aliphatic carbocycles. The highest BCUT2D eigenvalue weighted by Gasteiger charge is 1.92. The van der Waals surface area contributed by atoms with Gasteiger partial charge in [0.15, 0.2) is 0 Å². The molecule has 0 aromatic carbocycles. The highest BCUT2D eigenvalue weighted by molar-refractivity contribution is 6.10. The van der Waals surface area contributed by atoms with E-state index in [9.17, 15) is 5.11 Å². The average Bonchev–Trinajstić information content (AvgIpc) is 1.61. The average molecular weight is 117 g/mol. The second-order valence-electron chi connectivity index (χ2n) is 1.95. The Labute approximate surface area is 48.2 Å². The summed E-state index contributed by atoms with van der Waals surface area (Å²) in [5.74, 6) is 0. The lowest BCUT2D eigenvalue weighted by Gasteiger charge is -1.95. The van der Waals surface area contributed by atoms with Crippen molar-refractivity contribution in [2.24, 2.45) is 0 Å². The smallest absolute Gasteiger partial charge is 0.0730 e. The predicted molar refractivity (Wildman–Crippen MR) is 33.9 cm³/mol. The molecule has 0 bridgehead atoms. The summed E-state index contributed by atoms with van der Waals surface area (Å²) in [5, 5.41) is 10.3. The van der Waals surface area contributed by atoms with E-state index in [1.807, 2.05) is 0 Å². The topological polar surface area (TPSA) is 19.9 Å². The van der Waals surface area contributed by atoms with Crippen LogP contribution in [0.3, 0.4) is 0 Å². The van der Waals surface area contributed by atoms with E-state index in [-0.39, 0.29) is 5.73 Å². The van der Waals surface area contributed by atoms with Crippen molar-refractivity contribution in [3.63, 3.8) is 0 Å². The number of hydrogen-bond donors (Lipinski definition) is 0. The maximum atomic E-state index is 10.3. The van der Waals surface area contributed by atoms with E-state index in [4.69, 9.17) is 0 Å². The van der Waals surface area contributed by atoms with E-state index in [2.05, 4.69) is 6.92 Å². The minimum Gasteiger partial charge on any atom is -0.238 e. The molecule has 1 radical (unpaired) electrons. The molecule has 0 aliphatic heterocycles. The monoisotopic (exact) mass is 117 g/mol. The van der Waals surface area contributed by atoms with Gasteiger partial charge in [-0.05, 0) is 6.42 Å². The predicted octanol–water partition coefficient (Wildman–Crippen LogP) is 0.299. The fraction of sp³-hybridized carbons (Fsp3) is 1.00. The summed E-state index contributed by atoms with van der Waals surface area (Å²) >= 11 is 0. The van der Waals surface area contributed by atoms with E-state index < -0.39 is 0 Å². The van der Waals surface area contributed by atoms with E-state index in [1.165, 1.54) is 6.42 Å². The number of unbranched alkanes of at least 4 members (excludes halogenated alkanes) is 1. The summed E-state index contributed by atoms with van der Waals surface area (Å²) in [5.41, 5.74) is -0.208. The standard InChI is InChI=1S/C5H13OSi/c1-2-3-4-5(6)7/h5H,2-4H2,1,7H3. The van der Waals surface area contributed by atoms with Crippen molar-refractivity contribution in [2.45, 2.75) is 31.9 Å². The molecular weight excluding hydrogens is 104 g/mol. The molecule has 43 valence electrons. The van der Waals surface area contributed by atoms with Gasteiger partial charge in [-0.1, -0.05) is 19.8 Å². The van der Waals surface area contributed by atoms with Gasteiger partial charge < -0.3 is 0 Å². The van der Waals surface area contributed by atoms with Crippen LogP contribution >= 0.6 is 0 Å². The molecule has 7 heavy (non-hydrogen) atoms. The molecule has 0 amide bonds. The lowest BCUT2D eigenvalue weighted by molar-refractivity contribution is 0.148. The van der Waals surface area contributed by atoms with Crippen LogP contribution in [0.2, 0.25) is 0 Å². The normalized spacial score (nSPS) is 14.6. The Morgan fingerprint density at radius 2 is 2.29 bits per heavy atom. The molecular formula is C5H13OSi. The Morgan fingerprint density at radius 3 is 2.43 bits per heavy atom. The Kier molecular flexibility index (Phi) is 4.45. The molecule has 1 nitrogen and oxygen atoms in total. The molecule has 1 atom stereocenters. The third-order valence-electron chi connectivity index (χ3n) is 0.964. The molecule has 0 saturated carbocycles. The third-order valence-corrected chi connectivity index (χ3v) is 1.54. The first kappa shape index (κ1) is 7.18. The fourth-order valence-electron chi connectivity index (χ4n) is 0.492. The summed E-state index contributed by atoms with van der Waals surface area (Å²) in [6, 6.07) is 0. The van der Waals surface area contributed by atoms with Gasteiger partial charge in [0.1, 0.15) is 0 Å². The van der Waals surface area contributed by atoms with Crippen LogP contribution in [0, 0.1) is 0 Å². The molecule has 0 N–H and O–H groups in total. The maximum absolute atomic E-state index is 10.3. The summed E-state index contributed by atoms with van der Waals surface area (Å²) in [7, 11) is 0.828. The zero-order valence-corrected chi connectivity index (χ0v) is 7.11. The molecule has 0 spiro atoms. The molecule has 1 unspecified atom stereocenters. The molecule has 0 rings (SSSR count). The van der Waals surface area contributed by atoms with E-state index in [0.717, 1.165) is 23.1 Å². The Balaban J connectivity index is 2.68. The first-order valence-electron chi connectivity index (χ1n) is 2.93. The highest BCUT2D eigenvalue weighted by atomic mass is 28.1. The molecule has 0 fully saturated rings. The van der Waals surface area contributed by atoms with Gasteiger partial charge in [0, 0.05) is 10.2 Å². The zero-order valence-electron chi connectivity index (χ0n) is 5.11. The van der Waals surface area contributed by atoms with E-state index in [0.29, 0.717) is 0 Å². The van der Waals surface area contributed by atoms with Crippen molar-refractivity contribution in [1.82, 2.24) is 0 Å². The second-order valence-corrected chi connectivity index (χ2v) is 3.24. The van der Waals surface area contributed by atoms with E-state index in [1.54, 1.807) is 0 Å². The van der Waals surface area contributed by atoms with Crippen LogP contribution in [-0.2, 0) is 5.11 Å². The van der Waals surface area contributed by atoms with Gasteiger partial charge in [-0.25, -0.2) is 5.11 Å². The Morgan fingerprint density at radius 1 is 1.71 bits per heavy atom. The van der Waals surface area contributed by atoms with Crippen LogP contribution in [0.5, 0.6) is 0 Å². The minimum atomic E-state index is -0.208. The summed E-state index contributed by atoms with van der Waals surface area (Å²) < 4.78 is 0. The van der Waals surface area contributed by atoms with Crippen molar-refractivity contribution < 1.29 is 5.11 Å².